The predicted octanol–water partition coefficient (Wildman–Crippen LogP) is 4.71. The molecule has 0 unspecified atom stereocenters. The van der Waals surface area contributed by atoms with Crippen LogP contribution < -0.4 is 0 Å². The standard InChI is InChI=1S/C19H28O/c1-15-6-5-7-16(2)17(15)14-19(20)12-10-18(11-13-19)8-3-4-9-18/h5-7,20H,3-4,8-14H2,1-2H3. The van der Waals surface area contributed by atoms with Gasteiger partial charge in [-0.1, -0.05) is 31.0 Å². The third kappa shape index (κ3) is 2.65. The van der Waals surface area contributed by atoms with Gasteiger partial charge in [-0.25, -0.2) is 0 Å². The van der Waals surface area contributed by atoms with Crippen molar-refractivity contribution < 1.29 is 5.11 Å². The highest BCUT2D eigenvalue weighted by Crippen LogP contribution is 2.51. The van der Waals surface area contributed by atoms with E-state index in [0.717, 1.165) is 19.3 Å². The van der Waals surface area contributed by atoms with E-state index < -0.39 is 5.60 Å². The maximum atomic E-state index is 11.0. The van der Waals surface area contributed by atoms with Gasteiger partial charge in [-0.15, -0.1) is 0 Å². The molecule has 1 N–H and O–H groups in total. The minimum absolute atomic E-state index is 0.454. The summed E-state index contributed by atoms with van der Waals surface area (Å²) in [6, 6.07) is 6.46. The number of hydrogen-bond donors (Lipinski definition) is 1. The van der Waals surface area contributed by atoms with Gasteiger partial charge in [0.2, 0.25) is 0 Å². The van der Waals surface area contributed by atoms with Gasteiger partial charge in [0.05, 0.1) is 5.60 Å². The third-order valence-electron chi connectivity index (χ3n) is 6.06. The van der Waals surface area contributed by atoms with Crippen LogP contribution >= 0.6 is 0 Å². The van der Waals surface area contributed by atoms with E-state index in [1.165, 1.54) is 55.2 Å². The highest BCUT2D eigenvalue weighted by Gasteiger charge is 2.43. The summed E-state index contributed by atoms with van der Waals surface area (Å²) in [5.74, 6) is 0. The maximum absolute atomic E-state index is 11.0. The fourth-order valence-electron chi connectivity index (χ4n) is 4.50. The van der Waals surface area contributed by atoms with Gasteiger partial charge in [-0.2, -0.15) is 0 Å². The van der Waals surface area contributed by atoms with Gasteiger partial charge in [0.15, 0.2) is 0 Å². The Hall–Kier alpha value is -0.820. The number of benzene rings is 1. The van der Waals surface area contributed by atoms with Crippen LogP contribution in [-0.2, 0) is 6.42 Å². The molecule has 0 saturated heterocycles. The smallest absolute Gasteiger partial charge is 0.0688 e. The molecule has 0 radical (unpaired) electrons. The van der Waals surface area contributed by atoms with Gasteiger partial charge in [0, 0.05) is 6.42 Å². The Morgan fingerprint density at radius 3 is 2.00 bits per heavy atom. The Kier molecular flexibility index (Phi) is 3.66. The quantitative estimate of drug-likeness (QED) is 0.826. The molecule has 3 rings (SSSR count). The first kappa shape index (κ1) is 14.1. The van der Waals surface area contributed by atoms with Crippen molar-refractivity contribution in [1.29, 1.82) is 0 Å². The van der Waals surface area contributed by atoms with Crippen LogP contribution in [0.2, 0.25) is 0 Å². The van der Waals surface area contributed by atoms with Crippen LogP contribution in [0.3, 0.4) is 0 Å². The second-order valence-corrected chi connectivity index (χ2v) is 7.48. The second-order valence-electron chi connectivity index (χ2n) is 7.48. The lowest BCUT2D eigenvalue weighted by Gasteiger charge is -2.42. The molecule has 2 saturated carbocycles. The van der Waals surface area contributed by atoms with Crippen LogP contribution in [0.4, 0.5) is 0 Å². The molecule has 2 aliphatic rings. The van der Waals surface area contributed by atoms with Gasteiger partial charge in [0.25, 0.3) is 0 Å². The maximum Gasteiger partial charge on any atom is 0.0688 e. The van der Waals surface area contributed by atoms with Crippen LogP contribution in [0, 0.1) is 19.3 Å². The lowest BCUT2D eigenvalue weighted by Crippen LogP contribution is -2.40. The largest absolute Gasteiger partial charge is 0.390 e. The van der Waals surface area contributed by atoms with Crippen molar-refractivity contribution in [1.82, 2.24) is 0 Å². The van der Waals surface area contributed by atoms with Crippen molar-refractivity contribution in [3.8, 4) is 0 Å². The topological polar surface area (TPSA) is 20.2 Å². The molecular formula is C19H28O. The minimum Gasteiger partial charge on any atom is -0.390 e. The molecular weight excluding hydrogens is 244 g/mol. The predicted molar refractivity (Wildman–Crippen MR) is 83.9 cm³/mol. The molecule has 2 aliphatic carbocycles. The molecule has 1 nitrogen and oxygen atoms in total. The van der Waals surface area contributed by atoms with Crippen LogP contribution in [0.5, 0.6) is 0 Å². The van der Waals surface area contributed by atoms with Gasteiger partial charge in [0.1, 0.15) is 0 Å². The zero-order valence-corrected chi connectivity index (χ0v) is 13.0. The summed E-state index contributed by atoms with van der Waals surface area (Å²) in [5.41, 5.74) is 4.19. The third-order valence-corrected chi connectivity index (χ3v) is 6.06. The van der Waals surface area contributed by atoms with E-state index in [4.69, 9.17) is 0 Å². The van der Waals surface area contributed by atoms with E-state index >= 15 is 0 Å². The number of rotatable bonds is 2. The van der Waals surface area contributed by atoms with Crippen molar-refractivity contribution in [2.75, 3.05) is 0 Å². The molecule has 0 atom stereocenters. The summed E-state index contributed by atoms with van der Waals surface area (Å²) in [4.78, 5) is 0. The van der Waals surface area contributed by atoms with Gasteiger partial charge < -0.3 is 5.11 Å². The van der Waals surface area contributed by atoms with E-state index in [-0.39, 0.29) is 0 Å². The second kappa shape index (κ2) is 5.18. The highest BCUT2D eigenvalue weighted by molar-refractivity contribution is 5.34. The molecule has 2 fully saturated rings. The number of aryl methyl sites for hydroxylation is 2. The lowest BCUT2D eigenvalue weighted by molar-refractivity contribution is -0.0324. The molecule has 0 aliphatic heterocycles. The Morgan fingerprint density at radius 1 is 0.900 bits per heavy atom. The summed E-state index contributed by atoms with van der Waals surface area (Å²) < 4.78 is 0. The lowest BCUT2D eigenvalue weighted by atomic mass is 9.66. The van der Waals surface area contributed by atoms with Crippen molar-refractivity contribution in [3.05, 3.63) is 34.9 Å². The fraction of sp³-hybridized carbons (Fsp3) is 0.684. The molecule has 110 valence electrons. The molecule has 20 heavy (non-hydrogen) atoms. The Labute approximate surface area is 123 Å². The minimum atomic E-state index is -0.454. The zero-order valence-electron chi connectivity index (χ0n) is 13.0. The van der Waals surface area contributed by atoms with Crippen molar-refractivity contribution in [2.45, 2.75) is 77.2 Å². The normalized spacial score (nSPS) is 24.1. The van der Waals surface area contributed by atoms with Crippen molar-refractivity contribution >= 4 is 0 Å². The van der Waals surface area contributed by atoms with E-state index in [2.05, 4.69) is 32.0 Å². The number of aliphatic hydroxyl groups is 1. The van der Waals surface area contributed by atoms with E-state index in [1.807, 2.05) is 0 Å². The Balaban J connectivity index is 1.72. The monoisotopic (exact) mass is 272 g/mol. The zero-order chi connectivity index (χ0) is 14.2. The summed E-state index contributed by atoms with van der Waals surface area (Å²) in [6.07, 6.45) is 11.0. The summed E-state index contributed by atoms with van der Waals surface area (Å²) in [5, 5.41) is 11.0. The molecule has 1 aromatic carbocycles. The van der Waals surface area contributed by atoms with E-state index in [0.29, 0.717) is 5.41 Å². The van der Waals surface area contributed by atoms with Gasteiger partial charge in [-0.3, -0.25) is 0 Å². The number of hydrogen-bond acceptors (Lipinski definition) is 1. The van der Waals surface area contributed by atoms with Crippen molar-refractivity contribution in [2.24, 2.45) is 5.41 Å². The first-order valence-electron chi connectivity index (χ1n) is 8.30. The molecule has 1 spiro atoms. The van der Waals surface area contributed by atoms with E-state index in [1.54, 1.807) is 0 Å². The summed E-state index contributed by atoms with van der Waals surface area (Å²) in [6.45, 7) is 4.35. The van der Waals surface area contributed by atoms with Crippen molar-refractivity contribution in [3.63, 3.8) is 0 Å². The molecule has 0 aromatic heterocycles. The van der Waals surface area contributed by atoms with Crippen LogP contribution in [0.15, 0.2) is 18.2 Å². The van der Waals surface area contributed by atoms with Crippen LogP contribution in [-0.4, -0.2) is 10.7 Å². The fourth-order valence-corrected chi connectivity index (χ4v) is 4.50. The van der Waals surface area contributed by atoms with Crippen LogP contribution in [0.1, 0.15) is 68.1 Å². The first-order valence-corrected chi connectivity index (χ1v) is 8.30. The molecule has 1 heteroatoms. The molecule has 0 heterocycles. The Morgan fingerprint density at radius 2 is 1.45 bits per heavy atom. The SMILES string of the molecule is Cc1cccc(C)c1CC1(O)CCC2(CCCC2)CC1. The summed E-state index contributed by atoms with van der Waals surface area (Å²) >= 11 is 0. The highest BCUT2D eigenvalue weighted by atomic mass is 16.3. The van der Waals surface area contributed by atoms with E-state index in [9.17, 15) is 5.11 Å². The molecule has 0 amide bonds. The first-order chi connectivity index (χ1) is 9.52. The average Bonchev–Trinajstić information content (AvgIpc) is 2.88. The average molecular weight is 272 g/mol. The Bertz CT molecular complexity index is 452. The molecule has 1 aromatic rings. The molecule has 0 bridgehead atoms. The van der Waals surface area contributed by atoms with Gasteiger partial charge >= 0.3 is 0 Å². The summed E-state index contributed by atoms with van der Waals surface area (Å²) in [7, 11) is 0. The van der Waals surface area contributed by atoms with Crippen LogP contribution in [0.25, 0.3) is 0 Å². The van der Waals surface area contributed by atoms with Gasteiger partial charge in [-0.05, 0) is 74.5 Å².